The number of fused-ring (bicyclic) bond motifs is 1. The highest BCUT2D eigenvalue weighted by molar-refractivity contribution is 9.10. The number of nitrogens with one attached hydrogen (secondary N) is 2. The summed E-state index contributed by atoms with van der Waals surface area (Å²) in [6.07, 6.45) is 5.86. The van der Waals surface area contributed by atoms with Gasteiger partial charge in [0.05, 0.1) is 12.2 Å². The maximum Gasteiger partial charge on any atom is 0.341 e. The number of carbonyl (C=O) groups excluding carboxylic acids is 1. The summed E-state index contributed by atoms with van der Waals surface area (Å²) in [4.78, 5) is 17.9. The smallest absolute Gasteiger partial charge is 0.341 e. The molecular formula is C17H18BrN3O2S2. The van der Waals surface area contributed by atoms with Gasteiger partial charge in [-0.3, -0.25) is 0 Å². The second-order valence-electron chi connectivity index (χ2n) is 5.58. The normalized spacial score (nSPS) is 13.0. The van der Waals surface area contributed by atoms with Crippen LogP contribution in [0, 0.1) is 0 Å². The van der Waals surface area contributed by atoms with Crippen molar-refractivity contribution in [2.75, 3.05) is 17.2 Å². The van der Waals surface area contributed by atoms with Crippen LogP contribution in [0.2, 0.25) is 0 Å². The molecule has 0 spiro atoms. The van der Waals surface area contributed by atoms with Crippen LogP contribution in [0.5, 0.6) is 0 Å². The van der Waals surface area contributed by atoms with Crippen molar-refractivity contribution in [2.45, 2.75) is 32.6 Å². The predicted molar refractivity (Wildman–Crippen MR) is 109 cm³/mol. The van der Waals surface area contributed by atoms with Crippen molar-refractivity contribution in [3.05, 3.63) is 38.8 Å². The molecule has 25 heavy (non-hydrogen) atoms. The van der Waals surface area contributed by atoms with Crippen molar-refractivity contribution >= 4 is 61.4 Å². The number of esters is 1. The largest absolute Gasteiger partial charge is 0.462 e. The van der Waals surface area contributed by atoms with Gasteiger partial charge in [0.2, 0.25) is 0 Å². The number of thiophene rings is 1. The SMILES string of the molecule is CCOC(=O)c1c(NC(=S)Nc2ccc(Br)cn2)sc2c1CCCC2. The van der Waals surface area contributed by atoms with Gasteiger partial charge >= 0.3 is 5.97 Å². The van der Waals surface area contributed by atoms with E-state index in [4.69, 9.17) is 17.0 Å². The Bertz CT molecular complexity index is 790. The summed E-state index contributed by atoms with van der Waals surface area (Å²) in [5.41, 5.74) is 1.75. The van der Waals surface area contributed by atoms with Crippen LogP contribution < -0.4 is 10.6 Å². The topological polar surface area (TPSA) is 63.2 Å². The van der Waals surface area contributed by atoms with Gasteiger partial charge in [0.15, 0.2) is 5.11 Å². The quantitative estimate of drug-likeness (QED) is 0.528. The molecular weight excluding hydrogens is 422 g/mol. The Morgan fingerprint density at radius 3 is 2.88 bits per heavy atom. The van der Waals surface area contributed by atoms with Gasteiger partial charge in [0.1, 0.15) is 10.8 Å². The zero-order chi connectivity index (χ0) is 17.8. The Labute approximate surface area is 164 Å². The zero-order valence-electron chi connectivity index (χ0n) is 13.7. The number of pyridine rings is 1. The van der Waals surface area contributed by atoms with Gasteiger partial charge in [-0.1, -0.05) is 0 Å². The molecule has 0 amide bonds. The summed E-state index contributed by atoms with van der Waals surface area (Å²) >= 11 is 10.3. The molecule has 5 nitrogen and oxygen atoms in total. The molecule has 2 N–H and O–H groups in total. The fourth-order valence-corrected chi connectivity index (χ4v) is 4.56. The number of nitrogens with zero attached hydrogens (tertiary/aromatic N) is 1. The van der Waals surface area contributed by atoms with Gasteiger partial charge in [0.25, 0.3) is 0 Å². The summed E-state index contributed by atoms with van der Waals surface area (Å²) in [6.45, 7) is 2.17. The lowest BCUT2D eigenvalue weighted by Gasteiger charge is -2.13. The first-order valence-electron chi connectivity index (χ1n) is 8.09. The number of aryl methyl sites for hydroxylation is 1. The lowest BCUT2D eigenvalue weighted by atomic mass is 9.95. The first-order valence-corrected chi connectivity index (χ1v) is 10.1. The van der Waals surface area contributed by atoms with Gasteiger partial charge in [-0.15, -0.1) is 11.3 Å². The molecule has 1 aliphatic rings. The Balaban J connectivity index is 1.81. The molecule has 2 aromatic heterocycles. The highest BCUT2D eigenvalue weighted by Crippen LogP contribution is 2.38. The van der Waals surface area contributed by atoms with Crippen LogP contribution in [0.25, 0.3) is 0 Å². The van der Waals surface area contributed by atoms with Gasteiger partial charge in [-0.2, -0.15) is 0 Å². The number of anilines is 2. The molecule has 0 atom stereocenters. The number of aromatic nitrogens is 1. The summed E-state index contributed by atoms with van der Waals surface area (Å²) in [6, 6.07) is 3.70. The summed E-state index contributed by atoms with van der Waals surface area (Å²) in [5, 5.41) is 7.35. The van der Waals surface area contributed by atoms with Gasteiger partial charge in [-0.25, -0.2) is 9.78 Å². The maximum absolute atomic E-state index is 12.4. The van der Waals surface area contributed by atoms with Crippen LogP contribution in [0.3, 0.4) is 0 Å². The van der Waals surface area contributed by atoms with E-state index in [1.165, 1.54) is 4.88 Å². The second-order valence-corrected chi connectivity index (χ2v) is 8.01. The third-order valence-corrected chi connectivity index (χ3v) is 5.73. The number of ether oxygens (including phenoxy) is 1. The van der Waals surface area contributed by atoms with Crippen LogP contribution in [0.4, 0.5) is 10.8 Å². The predicted octanol–water partition coefficient (Wildman–Crippen LogP) is 4.77. The highest BCUT2D eigenvalue weighted by Gasteiger charge is 2.26. The second kappa shape index (κ2) is 8.25. The molecule has 132 valence electrons. The molecule has 2 aromatic rings. The molecule has 8 heteroatoms. The Kier molecular flexibility index (Phi) is 6.03. The molecule has 2 heterocycles. The van der Waals surface area contributed by atoms with Crippen LogP contribution in [0.15, 0.2) is 22.8 Å². The van der Waals surface area contributed by atoms with E-state index in [9.17, 15) is 4.79 Å². The van der Waals surface area contributed by atoms with E-state index in [0.717, 1.165) is 40.7 Å². The first-order chi connectivity index (χ1) is 12.1. The molecule has 0 aromatic carbocycles. The van der Waals surface area contributed by atoms with Crippen molar-refractivity contribution in [3.63, 3.8) is 0 Å². The van der Waals surface area contributed by atoms with Crippen molar-refractivity contribution in [1.29, 1.82) is 0 Å². The van der Waals surface area contributed by atoms with Crippen molar-refractivity contribution in [3.8, 4) is 0 Å². The van der Waals surface area contributed by atoms with E-state index in [-0.39, 0.29) is 5.97 Å². The molecule has 0 bridgehead atoms. The number of rotatable bonds is 4. The Morgan fingerprint density at radius 1 is 1.36 bits per heavy atom. The third kappa shape index (κ3) is 4.37. The molecule has 0 fully saturated rings. The minimum absolute atomic E-state index is 0.283. The zero-order valence-corrected chi connectivity index (χ0v) is 16.9. The number of halogens is 1. The Hall–Kier alpha value is -1.51. The van der Waals surface area contributed by atoms with E-state index in [1.807, 2.05) is 19.1 Å². The van der Waals surface area contributed by atoms with Crippen LogP contribution >= 0.6 is 39.5 Å². The molecule has 1 aliphatic carbocycles. The lowest BCUT2D eigenvalue weighted by Crippen LogP contribution is -2.21. The van der Waals surface area contributed by atoms with E-state index >= 15 is 0 Å². The number of carbonyl (C=O) groups is 1. The summed E-state index contributed by atoms with van der Waals surface area (Å²) < 4.78 is 6.15. The standard InChI is InChI=1S/C17H18BrN3O2S2/c1-2-23-16(22)14-11-5-3-4-6-12(11)25-15(14)21-17(24)20-13-8-7-10(18)9-19-13/h7-9H,2-6H2,1H3,(H2,19,20,21,24). The maximum atomic E-state index is 12.4. The van der Waals surface area contributed by atoms with E-state index in [1.54, 1.807) is 17.5 Å². The molecule has 0 unspecified atom stereocenters. The monoisotopic (exact) mass is 439 g/mol. The number of thiocarbonyl (C=S) groups is 1. The van der Waals surface area contributed by atoms with E-state index in [2.05, 4.69) is 31.5 Å². The van der Waals surface area contributed by atoms with Gasteiger partial charge in [0, 0.05) is 15.5 Å². The summed E-state index contributed by atoms with van der Waals surface area (Å²) in [7, 11) is 0. The minimum atomic E-state index is -0.283. The van der Waals surface area contributed by atoms with Gasteiger partial charge < -0.3 is 15.4 Å². The lowest BCUT2D eigenvalue weighted by molar-refractivity contribution is 0.0526. The first kappa shape index (κ1) is 18.3. The molecule has 0 saturated heterocycles. The fourth-order valence-electron chi connectivity index (χ4n) is 2.77. The van der Waals surface area contributed by atoms with Crippen LogP contribution in [-0.2, 0) is 17.6 Å². The van der Waals surface area contributed by atoms with Crippen molar-refractivity contribution in [1.82, 2.24) is 4.98 Å². The third-order valence-electron chi connectivity index (χ3n) is 3.85. The Morgan fingerprint density at radius 2 is 2.16 bits per heavy atom. The highest BCUT2D eigenvalue weighted by atomic mass is 79.9. The van der Waals surface area contributed by atoms with Crippen molar-refractivity contribution < 1.29 is 9.53 Å². The van der Waals surface area contributed by atoms with Crippen molar-refractivity contribution in [2.24, 2.45) is 0 Å². The molecule has 0 saturated carbocycles. The minimum Gasteiger partial charge on any atom is -0.462 e. The average molecular weight is 440 g/mol. The average Bonchev–Trinajstić information content (AvgIpc) is 2.95. The van der Waals surface area contributed by atoms with Crippen LogP contribution in [-0.4, -0.2) is 22.7 Å². The van der Waals surface area contributed by atoms with E-state index in [0.29, 0.717) is 23.1 Å². The van der Waals surface area contributed by atoms with Gasteiger partial charge in [-0.05, 0) is 78.5 Å². The molecule has 0 radical (unpaired) electrons. The molecule has 3 rings (SSSR count). The summed E-state index contributed by atoms with van der Waals surface area (Å²) in [5.74, 6) is 0.355. The number of hydrogen-bond acceptors (Lipinski definition) is 5. The molecule has 0 aliphatic heterocycles. The van der Waals surface area contributed by atoms with Crippen LogP contribution in [0.1, 0.15) is 40.6 Å². The van der Waals surface area contributed by atoms with E-state index < -0.39 is 0 Å². The number of hydrogen-bond donors (Lipinski definition) is 2. The fraction of sp³-hybridized carbons (Fsp3) is 0.353.